The fourth-order valence-electron chi connectivity index (χ4n) is 10.6. The second-order valence-electron chi connectivity index (χ2n) is 16.7. The van der Waals surface area contributed by atoms with E-state index in [-0.39, 0.29) is 0 Å². The van der Waals surface area contributed by atoms with Crippen molar-refractivity contribution in [2.75, 3.05) is 0 Å². The number of rotatable bonds is 5. The molecule has 0 aliphatic carbocycles. The van der Waals surface area contributed by atoms with E-state index in [1.807, 2.05) is 11.3 Å². The molecule has 11 aromatic carbocycles. The van der Waals surface area contributed by atoms with Gasteiger partial charge in [-0.2, -0.15) is 0 Å². The van der Waals surface area contributed by atoms with Gasteiger partial charge in [-0.15, -0.1) is 11.3 Å². The molecule has 0 N–H and O–H groups in total. The van der Waals surface area contributed by atoms with Crippen molar-refractivity contribution in [3.05, 3.63) is 224 Å². The van der Waals surface area contributed by atoms with E-state index in [0.717, 1.165) is 0 Å². The molecule has 0 atom stereocenters. The summed E-state index contributed by atoms with van der Waals surface area (Å²) >= 11 is 1.91. The zero-order chi connectivity index (χ0) is 41.6. The Labute approximate surface area is 369 Å². The lowest BCUT2D eigenvalue weighted by atomic mass is 9.82. The molecule has 63 heavy (non-hydrogen) atoms. The normalized spacial score (nSPS) is 11.9. The van der Waals surface area contributed by atoms with Gasteiger partial charge in [0.05, 0.1) is 11.0 Å². The van der Waals surface area contributed by atoms with E-state index < -0.39 is 0 Å². The lowest BCUT2D eigenvalue weighted by molar-refractivity contribution is 1.18. The predicted molar refractivity (Wildman–Crippen MR) is 273 cm³/mol. The van der Waals surface area contributed by atoms with Crippen LogP contribution in [0.4, 0.5) is 0 Å². The van der Waals surface area contributed by atoms with Crippen LogP contribution in [0.3, 0.4) is 0 Å². The van der Waals surface area contributed by atoms with Crippen LogP contribution in [0.2, 0.25) is 0 Å². The van der Waals surface area contributed by atoms with Gasteiger partial charge in [-0.3, -0.25) is 0 Å². The molecule has 0 fully saturated rings. The van der Waals surface area contributed by atoms with Crippen molar-refractivity contribution in [3.8, 4) is 50.2 Å². The summed E-state index contributed by atoms with van der Waals surface area (Å²) in [6.45, 7) is 2.21. The molecule has 0 aliphatic rings. The average molecular weight is 818 g/mol. The third-order valence-electron chi connectivity index (χ3n) is 13.4. The van der Waals surface area contributed by atoms with Gasteiger partial charge in [0.1, 0.15) is 0 Å². The van der Waals surface area contributed by atoms with Crippen LogP contribution in [0.15, 0.2) is 218 Å². The van der Waals surface area contributed by atoms with Gasteiger partial charge in [-0.1, -0.05) is 182 Å². The summed E-state index contributed by atoms with van der Waals surface area (Å²) in [5, 5.41) is 12.8. The maximum absolute atomic E-state index is 2.43. The Kier molecular flexibility index (Phi) is 8.06. The van der Waals surface area contributed by atoms with Gasteiger partial charge in [-0.05, 0) is 126 Å². The average Bonchev–Trinajstić information content (AvgIpc) is 3.89. The number of aryl methyl sites for hydroxylation is 1. The Morgan fingerprint density at radius 1 is 0.333 bits per heavy atom. The minimum Gasteiger partial charge on any atom is -0.309 e. The highest BCUT2D eigenvalue weighted by molar-refractivity contribution is 7.26. The fourth-order valence-corrected chi connectivity index (χ4v) is 11.8. The van der Waals surface area contributed by atoms with Crippen molar-refractivity contribution in [3.63, 3.8) is 0 Å². The summed E-state index contributed by atoms with van der Waals surface area (Å²) in [5.41, 5.74) is 15.0. The minimum atomic E-state index is 1.18. The molecule has 2 heteroatoms. The zero-order valence-corrected chi connectivity index (χ0v) is 35.5. The van der Waals surface area contributed by atoms with Crippen molar-refractivity contribution < 1.29 is 0 Å². The minimum absolute atomic E-state index is 1.18. The van der Waals surface area contributed by atoms with Crippen LogP contribution in [0.25, 0.3) is 124 Å². The van der Waals surface area contributed by atoms with Gasteiger partial charge in [0, 0.05) is 36.6 Å². The standard InChI is InChI=1S/C61H39NS/c1-38-17-5-6-20-41(38)43-21-7-8-22-46(43)58-48-23-9-11-25-50(48)59(51-26-12-10-24-49(51)58)47-31-16-29-44-42(28-15-30-45(44)47)39-33-36-57-54(37-39)52-34-35-56-60(61(52)63-57)53-27-13-14-32-55(53)62(56)40-18-3-2-4-19-40/h2-37H,1H3. The molecule has 13 aromatic rings. The highest BCUT2D eigenvalue weighted by atomic mass is 32.1. The number of benzene rings is 11. The number of aromatic nitrogens is 1. The second kappa shape index (κ2) is 14.1. The molecular formula is C61H39NS. The Morgan fingerprint density at radius 2 is 0.873 bits per heavy atom. The topological polar surface area (TPSA) is 4.93 Å². The van der Waals surface area contributed by atoms with Crippen LogP contribution in [-0.2, 0) is 0 Å². The first kappa shape index (κ1) is 35.9. The van der Waals surface area contributed by atoms with Crippen molar-refractivity contribution in [1.29, 1.82) is 0 Å². The smallest absolute Gasteiger partial charge is 0.0555 e. The predicted octanol–water partition coefficient (Wildman–Crippen LogP) is 17.6. The number of thiophene rings is 1. The van der Waals surface area contributed by atoms with Crippen LogP contribution in [0.5, 0.6) is 0 Å². The van der Waals surface area contributed by atoms with Crippen LogP contribution in [0, 0.1) is 6.92 Å². The lowest BCUT2D eigenvalue weighted by Gasteiger charge is -2.21. The molecule has 0 bridgehead atoms. The Hall–Kier alpha value is -7.78. The quantitative estimate of drug-likeness (QED) is 0.153. The van der Waals surface area contributed by atoms with E-state index in [2.05, 4.69) is 230 Å². The molecule has 294 valence electrons. The first-order valence-corrected chi connectivity index (χ1v) is 22.6. The van der Waals surface area contributed by atoms with Crippen molar-refractivity contribution in [2.24, 2.45) is 0 Å². The molecule has 1 nitrogen and oxygen atoms in total. The van der Waals surface area contributed by atoms with Crippen molar-refractivity contribution >= 4 is 85.6 Å². The summed E-state index contributed by atoms with van der Waals surface area (Å²) in [6.07, 6.45) is 0. The molecule has 2 aromatic heterocycles. The zero-order valence-electron chi connectivity index (χ0n) is 34.6. The first-order chi connectivity index (χ1) is 31.2. The maximum Gasteiger partial charge on any atom is 0.0555 e. The van der Waals surface area contributed by atoms with Gasteiger partial charge in [0.25, 0.3) is 0 Å². The Bertz CT molecular complexity index is 3920. The summed E-state index contributed by atoms with van der Waals surface area (Å²) in [5.74, 6) is 0. The van der Waals surface area contributed by atoms with E-state index in [1.165, 1.54) is 130 Å². The number of nitrogens with zero attached hydrogens (tertiary/aromatic N) is 1. The van der Waals surface area contributed by atoms with E-state index in [4.69, 9.17) is 0 Å². The molecule has 0 radical (unpaired) electrons. The van der Waals surface area contributed by atoms with Crippen LogP contribution in [0.1, 0.15) is 5.56 Å². The van der Waals surface area contributed by atoms with E-state index in [0.29, 0.717) is 0 Å². The number of para-hydroxylation sites is 2. The Balaban J connectivity index is 1.01. The monoisotopic (exact) mass is 817 g/mol. The highest BCUT2D eigenvalue weighted by Gasteiger charge is 2.22. The first-order valence-electron chi connectivity index (χ1n) is 21.8. The molecule has 0 spiro atoms. The van der Waals surface area contributed by atoms with Crippen LogP contribution in [-0.4, -0.2) is 4.57 Å². The number of fused-ring (bicyclic) bond motifs is 10. The van der Waals surface area contributed by atoms with E-state index >= 15 is 0 Å². The van der Waals surface area contributed by atoms with Gasteiger partial charge in [0.15, 0.2) is 0 Å². The highest BCUT2D eigenvalue weighted by Crippen LogP contribution is 2.49. The van der Waals surface area contributed by atoms with Gasteiger partial charge in [-0.25, -0.2) is 0 Å². The Morgan fingerprint density at radius 3 is 1.59 bits per heavy atom. The van der Waals surface area contributed by atoms with Crippen molar-refractivity contribution in [2.45, 2.75) is 6.92 Å². The second-order valence-corrected chi connectivity index (χ2v) is 17.8. The maximum atomic E-state index is 2.43. The van der Waals surface area contributed by atoms with Gasteiger partial charge < -0.3 is 4.57 Å². The molecule has 0 saturated heterocycles. The molecule has 0 saturated carbocycles. The summed E-state index contributed by atoms with van der Waals surface area (Å²) < 4.78 is 5.06. The molecular weight excluding hydrogens is 779 g/mol. The summed E-state index contributed by atoms with van der Waals surface area (Å²) in [4.78, 5) is 0. The third kappa shape index (κ3) is 5.42. The summed E-state index contributed by atoms with van der Waals surface area (Å²) in [6, 6.07) is 80.9. The lowest BCUT2D eigenvalue weighted by Crippen LogP contribution is -1.94. The molecule has 0 amide bonds. The third-order valence-corrected chi connectivity index (χ3v) is 14.6. The van der Waals surface area contributed by atoms with Gasteiger partial charge >= 0.3 is 0 Å². The van der Waals surface area contributed by atoms with Crippen LogP contribution < -0.4 is 0 Å². The largest absolute Gasteiger partial charge is 0.309 e. The molecule has 0 unspecified atom stereocenters. The molecule has 13 rings (SSSR count). The number of hydrogen-bond donors (Lipinski definition) is 0. The van der Waals surface area contributed by atoms with E-state index in [1.54, 1.807) is 0 Å². The fraction of sp³-hybridized carbons (Fsp3) is 0.0164. The molecule has 2 heterocycles. The molecule has 0 aliphatic heterocycles. The van der Waals surface area contributed by atoms with Gasteiger partial charge in [0.2, 0.25) is 0 Å². The SMILES string of the molecule is Cc1ccccc1-c1ccccc1-c1c2ccccc2c(-c2cccc3c(-c4ccc5sc6c(ccc7c6c6ccccc6n7-c6ccccc6)c5c4)cccc23)c2ccccc12. The summed E-state index contributed by atoms with van der Waals surface area (Å²) in [7, 11) is 0. The number of hydrogen-bond acceptors (Lipinski definition) is 1. The van der Waals surface area contributed by atoms with Crippen LogP contribution >= 0.6 is 11.3 Å². The van der Waals surface area contributed by atoms with Crippen molar-refractivity contribution in [1.82, 2.24) is 4.57 Å². The van der Waals surface area contributed by atoms with E-state index in [9.17, 15) is 0 Å².